The van der Waals surface area contributed by atoms with Crippen molar-refractivity contribution in [3.05, 3.63) is 23.8 Å². The topological polar surface area (TPSA) is 61.4 Å². The van der Waals surface area contributed by atoms with Gasteiger partial charge in [0.2, 0.25) is 0 Å². The van der Waals surface area contributed by atoms with Crippen LogP contribution in [0.5, 0.6) is 0 Å². The first-order chi connectivity index (χ1) is 12.7. The molecule has 0 radical (unpaired) electrons. The van der Waals surface area contributed by atoms with Crippen molar-refractivity contribution in [2.45, 2.75) is 64.3 Å². The van der Waals surface area contributed by atoms with E-state index < -0.39 is 0 Å². The molecule has 144 valence electrons. The van der Waals surface area contributed by atoms with E-state index in [1.807, 2.05) is 24.1 Å². The molecule has 2 aliphatic heterocycles. The van der Waals surface area contributed by atoms with Gasteiger partial charge in [-0.3, -0.25) is 4.90 Å². The molecular formula is C20H33N5O. The minimum absolute atomic E-state index is 0.0952. The van der Waals surface area contributed by atoms with E-state index in [0.29, 0.717) is 12.0 Å². The molecular weight excluding hydrogens is 326 g/mol. The van der Waals surface area contributed by atoms with E-state index in [1.165, 1.54) is 32.4 Å². The Balaban J connectivity index is 1.44. The number of urea groups is 1. The molecule has 2 amide bonds. The Morgan fingerprint density at radius 1 is 1.23 bits per heavy atom. The zero-order valence-electron chi connectivity index (χ0n) is 16.3. The molecule has 1 aromatic heterocycles. The molecule has 0 unspecified atom stereocenters. The van der Waals surface area contributed by atoms with Crippen LogP contribution in [0.2, 0.25) is 0 Å². The van der Waals surface area contributed by atoms with E-state index in [0.717, 1.165) is 50.4 Å². The monoisotopic (exact) mass is 359 g/mol. The molecule has 3 heterocycles. The number of amides is 2. The number of rotatable bonds is 5. The Kier molecular flexibility index (Phi) is 6.83. The van der Waals surface area contributed by atoms with Gasteiger partial charge in [-0.05, 0) is 58.2 Å². The van der Waals surface area contributed by atoms with Crippen LogP contribution in [0.25, 0.3) is 0 Å². The van der Waals surface area contributed by atoms with E-state index in [9.17, 15) is 4.79 Å². The summed E-state index contributed by atoms with van der Waals surface area (Å²) in [5.74, 6) is 1.27. The van der Waals surface area contributed by atoms with Crippen molar-refractivity contribution in [3.63, 3.8) is 0 Å². The number of carbonyl (C=O) groups is 1. The fourth-order valence-corrected chi connectivity index (χ4v) is 4.21. The molecule has 0 aliphatic carbocycles. The van der Waals surface area contributed by atoms with Gasteiger partial charge < -0.3 is 10.2 Å². The van der Waals surface area contributed by atoms with Gasteiger partial charge in [-0.15, -0.1) is 0 Å². The Bertz CT molecular complexity index is 579. The van der Waals surface area contributed by atoms with E-state index >= 15 is 0 Å². The fourth-order valence-electron chi connectivity index (χ4n) is 4.21. The number of piperidine rings is 2. The second-order valence-corrected chi connectivity index (χ2v) is 7.63. The molecule has 1 N–H and O–H groups in total. The minimum Gasteiger partial charge on any atom is -0.336 e. The lowest BCUT2D eigenvalue weighted by Crippen LogP contribution is -2.50. The van der Waals surface area contributed by atoms with Crippen LogP contribution in [0.1, 0.15) is 62.9 Å². The van der Waals surface area contributed by atoms with Crippen molar-refractivity contribution >= 4 is 6.03 Å². The molecule has 3 rings (SSSR count). The van der Waals surface area contributed by atoms with Gasteiger partial charge in [-0.25, -0.2) is 14.8 Å². The van der Waals surface area contributed by atoms with Gasteiger partial charge in [0.05, 0.1) is 0 Å². The molecule has 0 bridgehead atoms. The first-order valence-electron chi connectivity index (χ1n) is 10.2. The van der Waals surface area contributed by atoms with Crippen LogP contribution in [-0.2, 0) is 0 Å². The second-order valence-electron chi connectivity index (χ2n) is 7.63. The third-order valence-corrected chi connectivity index (χ3v) is 5.87. The van der Waals surface area contributed by atoms with Gasteiger partial charge in [0.25, 0.3) is 0 Å². The number of nitrogens with zero attached hydrogens (tertiary/aromatic N) is 4. The number of carbonyl (C=O) groups excluding carboxylic acids is 1. The van der Waals surface area contributed by atoms with Crippen LogP contribution in [0.3, 0.4) is 0 Å². The van der Waals surface area contributed by atoms with Gasteiger partial charge in [0, 0.05) is 43.5 Å². The summed E-state index contributed by atoms with van der Waals surface area (Å²) >= 11 is 0. The summed E-state index contributed by atoms with van der Waals surface area (Å²) in [6, 6.07) is 2.58. The highest BCUT2D eigenvalue weighted by atomic mass is 16.2. The zero-order chi connectivity index (χ0) is 18.4. The highest BCUT2D eigenvalue weighted by Gasteiger charge is 2.26. The van der Waals surface area contributed by atoms with E-state index in [2.05, 4.69) is 27.1 Å². The normalized spacial score (nSPS) is 20.8. The van der Waals surface area contributed by atoms with Crippen molar-refractivity contribution in [2.75, 3.05) is 32.7 Å². The second kappa shape index (κ2) is 9.31. The quantitative estimate of drug-likeness (QED) is 0.878. The average Bonchev–Trinajstić information content (AvgIpc) is 2.69. The summed E-state index contributed by atoms with van der Waals surface area (Å²) in [5, 5.41) is 3.18. The lowest BCUT2D eigenvalue weighted by molar-refractivity contribution is 0.147. The molecule has 1 aromatic rings. The van der Waals surface area contributed by atoms with E-state index in [1.54, 1.807) is 0 Å². The third kappa shape index (κ3) is 4.93. The molecule has 2 saturated heterocycles. The van der Waals surface area contributed by atoms with Crippen LogP contribution >= 0.6 is 0 Å². The molecule has 26 heavy (non-hydrogen) atoms. The molecule has 0 saturated carbocycles. The van der Waals surface area contributed by atoms with Gasteiger partial charge in [0.15, 0.2) is 0 Å². The maximum absolute atomic E-state index is 12.6. The molecule has 6 heteroatoms. The Hall–Kier alpha value is -1.69. The third-order valence-electron chi connectivity index (χ3n) is 5.87. The van der Waals surface area contributed by atoms with Crippen molar-refractivity contribution < 1.29 is 4.79 Å². The zero-order valence-corrected chi connectivity index (χ0v) is 16.3. The van der Waals surface area contributed by atoms with E-state index in [4.69, 9.17) is 0 Å². The lowest BCUT2D eigenvalue weighted by Gasteiger charge is -2.35. The molecule has 1 atom stereocenters. The molecule has 2 fully saturated rings. The van der Waals surface area contributed by atoms with Crippen LogP contribution in [0, 0.1) is 6.92 Å². The predicted octanol–water partition coefficient (Wildman–Crippen LogP) is 2.94. The summed E-state index contributed by atoms with van der Waals surface area (Å²) in [5.41, 5.74) is 1.12. The summed E-state index contributed by atoms with van der Waals surface area (Å²) in [6.45, 7) is 8.88. The number of nitrogens with one attached hydrogen (secondary N) is 1. The number of hydrogen-bond acceptors (Lipinski definition) is 4. The summed E-state index contributed by atoms with van der Waals surface area (Å²) in [4.78, 5) is 25.8. The van der Waals surface area contributed by atoms with Crippen LogP contribution in [-0.4, -0.2) is 64.6 Å². The number of likely N-dealkylation sites (tertiary alicyclic amines) is 2. The largest absolute Gasteiger partial charge is 0.336 e. The fraction of sp³-hybridized carbons (Fsp3) is 0.750. The first kappa shape index (κ1) is 19.1. The number of aromatic nitrogens is 2. The van der Waals surface area contributed by atoms with Gasteiger partial charge in [-0.2, -0.15) is 0 Å². The summed E-state index contributed by atoms with van der Waals surface area (Å²) in [6.07, 6.45) is 8.82. The van der Waals surface area contributed by atoms with Crippen molar-refractivity contribution in [1.29, 1.82) is 0 Å². The molecule has 6 nitrogen and oxygen atoms in total. The van der Waals surface area contributed by atoms with Crippen LogP contribution < -0.4 is 5.32 Å². The SMILES string of the molecule is CC[C@H](CNC(=O)N1CCC(c2ccnc(C)n2)CC1)N1CCCCC1. The molecule has 2 aliphatic rings. The highest BCUT2D eigenvalue weighted by molar-refractivity contribution is 5.74. The molecule has 0 aromatic carbocycles. The summed E-state index contributed by atoms with van der Waals surface area (Å²) in [7, 11) is 0. The van der Waals surface area contributed by atoms with Crippen molar-refractivity contribution in [1.82, 2.24) is 25.1 Å². The number of hydrogen-bond donors (Lipinski definition) is 1. The minimum atomic E-state index is 0.0952. The van der Waals surface area contributed by atoms with Gasteiger partial charge >= 0.3 is 6.03 Å². The first-order valence-corrected chi connectivity index (χ1v) is 10.2. The van der Waals surface area contributed by atoms with Gasteiger partial charge in [-0.1, -0.05) is 13.3 Å². The Morgan fingerprint density at radius 2 is 1.96 bits per heavy atom. The number of aryl methyl sites for hydroxylation is 1. The highest BCUT2D eigenvalue weighted by Crippen LogP contribution is 2.26. The van der Waals surface area contributed by atoms with Gasteiger partial charge in [0.1, 0.15) is 5.82 Å². The smallest absolute Gasteiger partial charge is 0.317 e. The Labute approximate surface area is 157 Å². The predicted molar refractivity (Wildman–Crippen MR) is 103 cm³/mol. The maximum Gasteiger partial charge on any atom is 0.317 e. The van der Waals surface area contributed by atoms with Crippen molar-refractivity contribution in [2.24, 2.45) is 0 Å². The average molecular weight is 360 g/mol. The van der Waals surface area contributed by atoms with Crippen LogP contribution in [0.15, 0.2) is 12.3 Å². The molecule has 0 spiro atoms. The Morgan fingerprint density at radius 3 is 2.62 bits per heavy atom. The van der Waals surface area contributed by atoms with Crippen molar-refractivity contribution in [3.8, 4) is 0 Å². The lowest BCUT2D eigenvalue weighted by atomic mass is 9.93. The standard InChI is InChI=1S/C20H33N5O/c1-3-18(24-11-5-4-6-12-24)15-22-20(26)25-13-8-17(9-14-25)19-7-10-21-16(2)23-19/h7,10,17-18H,3-6,8-9,11-15H2,1-2H3,(H,22,26)/t18-/m1/s1. The van der Waals surface area contributed by atoms with Crippen LogP contribution in [0.4, 0.5) is 4.79 Å². The maximum atomic E-state index is 12.6. The summed E-state index contributed by atoms with van der Waals surface area (Å²) < 4.78 is 0. The van der Waals surface area contributed by atoms with E-state index in [-0.39, 0.29) is 6.03 Å².